The third-order valence-corrected chi connectivity index (χ3v) is 3.83. The number of anilines is 1. The van der Waals surface area contributed by atoms with Crippen LogP contribution < -0.4 is 5.73 Å². The van der Waals surface area contributed by atoms with E-state index in [0.717, 1.165) is 10.6 Å². The van der Waals surface area contributed by atoms with Gasteiger partial charge in [0.15, 0.2) is 5.82 Å². The quantitative estimate of drug-likeness (QED) is 0.797. The molecule has 3 aromatic heterocycles. The molecule has 3 rings (SSSR count). The lowest BCUT2D eigenvalue weighted by Gasteiger charge is -2.19. The van der Waals surface area contributed by atoms with Crippen LogP contribution in [-0.2, 0) is 12.0 Å². The predicted octanol–water partition coefficient (Wildman–Crippen LogP) is 2.32. The van der Waals surface area contributed by atoms with Crippen LogP contribution in [0.15, 0.2) is 22.0 Å². The van der Waals surface area contributed by atoms with Crippen molar-refractivity contribution < 1.29 is 4.52 Å². The molecule has 0 amide bonds. The summed E-state index contributed by atoms with van der Waals surface area (Å²) in [7, 11) is 0. The Morgan fingerprint density at radius 1 is 1.38 bits per heavy atom. The first-order valence-corrected chi connectivity index (χ1v) is 7.39. The summed E-state index contributed by atoms with van der Waals surface area (Å²) in [4.78, 5) is 5.36. The second kappa shape index (κ2) is 4.96. The highest BCUT2D eigenvalue weighted by Crippen LogP contribution is 2.27. The molecule has 0 saturated carbocycles. The van der Waals surface area contributed by atoms with E-state index in [-0.39, 0.29) is 5.41 Å². The monoisotopic (exact) mass is 304 g/mol. The normalized spacial score (nSPS) is 12.0. The maximum Gasteiger partial charge on any atom is 0.248 e. The highest BCUT2D eigenvalue weighted by atomic mass is 32.1. The second-order valence-electron chi connectivity index (χ2n) is 5.72. The zero-order valence-electron chi connectivity index (χ0n) is 12.1. The van der Waals surface area contributed by atoms with Crippen LogP contribution in [0.1, 0.15) is 32.4 Å². The van der Waals surface area contributed by atoms with Crippen molar-refractivity contribution in [1.82, 2.24) is 25.1 Å². The Labute approximate surface area is 125 Å². The first-order chi connectivity index (χ1) is 9.95. The van der Waals surface area contributed by atoms with Gasteiger partial charge in [-0.2, -0.15) is 4.98 Å². The third kappa shape index (κ3) is 2.66. The van der Waals surface area contributed by atoms with Gasteiger partial charge in [0.25, 0.3) is 0 Å². The minimum absolute atomic E-state index is 0.163. The second-order valence-corrected chi connectivity index (χ2v) is 6.67. The average molecular weight is 304 g/mol. The van der Waals surface area contributed by atoms with Gasteiger partial charge < -0.3 is 10.3 Å². The highest BCUT2D eigenvalue weighted by Gasteiger charge is 2.25. The van der Waals surface area contributed by atoms with Gasteiger partial charge in [-0.15, -0.1) is 16.4 Å². The predicted molar refractivity (Wildman–Crippen MR) is 79.8 cm³/mol. The summed E-state index contributed by atoms with van der Waals surface area (Å²) in [5.41, 5.74) is 6.60. The first-order valence-electron chi connectivity index (χ1n) is 6.51. The van der Waals surface area contributed by atoms with Crippen LogP contribution in [0.25, 0.3) is 10.7 Å². The molecule has 7 nitrogen and oxygen atoms in total. The molecule has 0 aliphatic carbocycles. The van der Waals surface area contributed by atoms with Gasteiger partial charge in [0, 0.05) is 5.41 Å². The Kier molecular flexibility index (Phi) is 3.25. The Balaban J connectivity index is 1.88. The fraction of sp³-hybridized carbons (Fsp3) is 0.385. The fourth-order valence-electron chi connectivity index (χ4n) is 2.16. The standard InChI is InChI=1S/C13H16N6OS/c1-13(2,3)10-11(14)16-18-19(10)7-9-15-12(17-20-9)8-5-4-6-21-8/h4-6H,7,14H2,1-3H3. The lowest BCUT2D eigenvalue weighted by molar-refractivity contribution is 0.358. The summed E-state index contributed by atoms with van der Waals surface area (Å²) >= 11 is 1.57. The molecule has 0 saturated heterocycles. The van der Waals surface area contributed by atoms with Gasteiger partial charge in [0.05, 0.1) is 10.6 Å². The van der Waals surface area contributed by atoms with Gasteiger partial charge in [0.1, 0.15) is 6.54 Å². The van der Waals surface area contributed by atoms with Crippen molar-refractivity contribution in [2.24, 2.45) is 0 Å². The number of rotatable bonds is 3. The van der Waals surface area contributed by atoms with E-state index in [1.807, 2.05) is 17.5 Å². The Morgan fingerprint density at radius 3 is 2.86 bits per heavy atom. The third-order valence-electron chi connectivity index (χ3n) is 2.97. The zero-order valence-corrected chi connectivity index (χ0v) is 12.9. The van der Waals surface area contributed by atoms with Crippen LogP contribution in [0.2, 0.25) is 0 Å². The van der Waals surface area contributed by atoms with Crippen LogP contribution >= 0.6 is 11.3 Å². The summed E-state index contributed by atoms with van der Waals surface area (Å²) in [6.45, 7) is 6.53. The number of hydrogen-bond acceptors (Lipinski definition) is 7. The lowest BCUT2D eigenvalue weighted by atomic mass is 9.92. The molecule has 0 aliphatic heterocycles. The van der Waals surface area contributed by atoms with E-state index >= 15 is 0 Å². The molecular weight excluding hydrogens is 288 g/mol. The van der Waals surface area contributed by atoms with E-state index in [2.05, 4.69) is 41.2 Å². The molecule has 0 radical (unpaired) electrons. The smallest absolute Gasteiger partial charge is 0.248 e. The van der Waals surface area contributed by atoms with Crippen LogP contribution in [0.4, 0.5) is 5.82 Å². The van der Waals surface area contributed by atoms with Crippen molar-refractivity contribution in [2.45, 2.75) is 32.7 Å². The molecule has 0 spiro atoms. The molecule has 3 aromatic rings. The van der Waals surface area contributed by atoms with Crippen molar-refractivity contribution in [2.75, 3.05) is 5.73 Å². The van der Waals surface area contributed by atoms with Crippen molar-refractivity contribution >= 4 is 17.2 Å². The Morgan fingerprint density at radius 2 is 2.19 bits per heavy atom. The molecule has 0 fully saturated rings. The molecule has 3 heterocycles. The van der Waals surface area contributed by atoms with Gasteiger partial charge in [0.2, 0.25) is 11.7 Å². The largest absolute Gasteiger partial charge is 0.381 e. The minimum atomic E-state index is -0.163. The van der Waals surface area contributed by atoms with E-state index < -0.39 is 0 Å². The summed E-state index contributed by atoms with van der Waals surface area (Å²) < 4.78 is 6.99. The van der Waals surface area contributed by atoms with Crippen LogP contribution in [0.3, 0.4) is 0 Å². The maximum atomic E-state index is 5.90. The number of nitrogen functional groups attached to an aromatic ring is 1. The first kappa shape index (κ1) is 13.7. The number of aromatic nitrogens is 5. The van der Waals surface area contributed by atoms with Gasteiger partial charge in [-0.1, -0.05) is 37.2 Å². The van der Waals surface area contributed by atoms with E-state index in [1.54, 1.807) is 16.0 Å². The summed E-state index contributed by atoms with van der Waals surface area (Å²) in [5.74, 6) is 1.50. The molecule has 0 bridgehead atoms. The van der Waals surface area contributed by atoms with Crippen LogP contribution in [0, 0.1) is 0 Å². The molecule has 0 aliphatic rings. The Bertz CT molecular complexity index is 737. The van der Waals surface area contributed by atoms with Crippen molar-refractivity contribution in [3.05, 3.63) is 29.1 Å². The molecule has 2 N–H and O–H groups in total. The fourth-order valence-corrected chi connectivity index (χ4v) is 2.81. The van der Waals surface area contributed by atoms with Crippen LogP contribution in [-0.4, -0.2) is 25.1 Å². The Hall–Kier alpha value is -2.22. The summed E-state index contributed by atoms with van der Waals surface area (Å²) in [6.07, 6.45) is 0. The minimum Gasteiger partial charge on any atom is -0.381 e. The van der Waals surface area contributed by atoms with E-state index in [4.69, 9.17) is 10.3 Å². The topological polar surface area (TPSA) is 95.7 Å². The molecule has 0 unspecified atom stereocenters. The molecule has 0 atom stereocenters. The zero-order chi connectivity index (χ0) is 15.0. The number of hydrogen-bond donors (Lipinski definition) is 1. The molecule has 110 valence electrons. The highest BCUT2D eigenvalue weighted by molar-refractivity contribution is 7.13. The van der Waals surface area contributed by atoms with Gasteiger partial charge in [-0.25, -0.2) is 4.68 Å². The average Bonchev–Trinajstić information content (AvgIpc) is 3.09. The number of nitrogens with two attached hydrogens (primary N) is 1. The number of thiophene rings is 1. The number of nitrogens with zero attached hydrogens (tertiary/aromatic N) is 5. The van der Waals surface area contributed by atoms with Crippen LogP contribution in [0.5, 0.6) is 0 Å². The molecule has 0 aromatic carbocycles. The van der Waals surface area contributed by atoms with Crippen molar-refractivity contribution in [3.8, 4) is 10.7 Å². The SMILES string of the molecule is CC(C)(C)c1c(N)nnn1Cc1nc(-c2cccs2)no1. The molecule has 8 heteroatoms. The lowest BCUT2D eigenvalue weighted by Crippen LogP contribution is -2.20. The van der Waals surface area contributed by atoms with Gasteiger partial charge in [-0.3, -0.25) is 0 Å². The van der Waals surface area contributed by atoms with Gasteiger partial charge in [-0.05, 0) is 11.4 Å². The molecule has 21 heavy (non-hydrogen) atoms. The van der Waals surface area contributed by atoms with E-state index in [0.29, 0.717) is 24.1 Å². The van der Waals surface area contributed by atoms with E-state index in [1.165, 1.54) is 0 Å². The van der Waals surface area contributed by atoms with E-state index in [9.17, 15) is 0 Å². The molecular formula is C13H16N6OS. The summed E-state index contributed by atoms with van der Waals surface area (Å²) in [6, 6.07) is 3.90. The van der Waals surface area contributed by atoms with Crippen molar-refractivity contribution in [1.29, 1.82) is 0 Å². The maximum absolute atomic E-state index is 5.90. The summed E-state index contributed by atoms with van der Waals surface area (Å²) in [5, 5.41) is 14.0. The van der Waals surface area contributed by atoms with Crippen molar-refractivity contribution in [3.63, 3.8) is 0 Å². The van der Waals surface area contributed by atoms with Gasteiger partial charge >= 0.3 is 0 Å².